The summed E-state index contributed by atoms with van der Waals surface area (Å²) in [5.41, 5.74) is 0. The molecule has 5 nitrogen and oxygen atoms in total. The van der Waals surface area contributed by atoms with Gasteiger partial charge in [0.15, 0.2) is 0 Å². The van der Waals surface area contributed by atoms with Gasteiger partial charge in [0.05, 0.1) is 5.92 Å². The molecule has 0 aromatic rings. The van der Waals surface area contributed by atoms with Gasteiger partial charge in [0.1, 0.15) is 0 Å². The molecule has 2 N–H and O–H groups in total. The van der Waals surface area contributed by atoms with Gasteiger partial charge in [-0.1, -0.05) is 0 Å². The highest BCUT2D eigenvalue weighted by atomic mass is 16.4. The zero-order valence-corrected chi connectivity index (χ0v) is 9.19. The van der Waals surface area contributed by atoms with Crippen LogP contribution < -0.4 is 5.32 Å². The molecule has 2 atom stereocenters. The minimum absolute atomic E-state index is 0.00593. The van der Waals surface area contributed by atoms with E-state index >= 15 is 0 Å². The zero-order chi connectivity index (χ0) is 11.4. The second kappa shape index (κ2) is 5.00. The van der Waals surface area contributed by atoms with Crippen LogP contribution in [-0.4, -0.2) is 41.1 Å². The zero-order valence-electron chi connectivity index (χ0n) is 9.19. The van der Waals surface area contributed by atoms with Gasteiger partial charge in [0.25, 0.3) is 0 Å². The highest BCUT2D eigenvalue weighted by Crippen LogP contribution is 2.22. The van der Waals surface area contributed by atoms with Crippen molar-refractivity contribution < 1.29 is 14.7 Å². The molecule has 0 bridgehead atoms. The van der Waals surface area contributed by atoms with Crippen LogP contribution in [0.25, 0.3) is 0 Å². The van der Waals surface area contributed by atoms with Crippen LogP contribution in [0.4, 0.5) is 4.79 Å². The average Bonchev–Trinajstić information content (AvgIpc) is 2.17. The summed E-state index contributed by atoms with van der Waals surface area (Å²) >= 11 is 0. The lowest BCUT2D eigenvalue weighted by molar-refractivity contribution is -0.143. The molecule has 86 valence electrons. The topological polar surface area (TPSA) is 69.6 Å². The maximum absolute atomic E-state index is 11.6. The predicted molar refractivity (Wildman–Crippen MR) is 55.6 cm³/mol. The summed E-state index contributed by atoms with van der Waals surface area (Å²) in [6, 6.07) is -0.0831. The number of aliphatic carboxylic acids is 1. The number of likely N-dealkylation sites (tertiary alicyclic amines) is 1. The Hall–Kier alpha value is -1.26. The summed E-state index contributed by atoms with van der Waals surface area (Å²) in [6.07, 6.45) is 1.10. The summed E-state index contributed by atoms with van der Waals surface area (Å²) in [5, 5.41) is 11.6. The van der Waals surface area contributed by atoms with Gasteiger partial charge in [-0.3, -0.25) is 4.79 Å². The largest absolute Gasteiger partial charge is 0.481 e. The molecule has 0 aromatic carbocycles. The van der Waals surface area contributed by atoms with Gasteiger partial charge in [-0.2, -0.15) is 0 Å². The number of urea groups is 1. The summed E-state index contributed by atoms with van der Waals surface area (Å²) in [5.74, 6) is -1.05. The van der Waals surface area contributed by atoms with Crippen molar-refractivity contribution in [2.24, 2.45) is 5.92 Å². The minimum atomic E-state index is -0.752. The fourth-order valence-electron chi connectivity index (χ4n) is 1.95. The molecule has 0 aliphatic carbocycles. The molecule has 1 heterocycles. The van der Waals surface area contributed by atoms with Crippen molar-refractivity contribution in [2.75, 3.05) is 13.1 Å². The molecule has 1 fully saturated rings. The van der Waals surface area contributed by atoms with Gasteiger partial charge < -0.3 is 15.3 Å². The Morgan fingerprint density at radius 2 is 2.20 bits per heavy atom. The fraction of sp³-hybridized carbons (Fsp3) is 0.800. The van der Waals surface area contributed by atoms with Gasteiger partial charge in [-0.05, 0) is 26.7 Å². The number of hydrogen-bond donors (Lipinski definition) is 2. The Morgan fingerprint density at radius 1 is 1.53 bits per heavy atom. The molecule has 2 unspecified atom stereocenters. The van der Waals surface area contributed by atoms with Crippen molar-refractivity contribution in [3.63, 3.8) is 0 Å². The Balaban J connectivity index is 2.52. The lowest BCUT2D eigenvalue weighted by atomic mass is 9.92. The van der Waals surface area contributed by atoms with Crippen molar-refractivity contribution in [3.8, 4) is 0 Å². The number of amides is 2. The first-order valence-electron chi connectivity index (χ1n) is 5.33. The molecule has 2 amide bonds. The molecule has 0 radical (unpaired) electrons. The first-order chi connectivity index (χ1) is 7.06. The smallest absolute Gasteiger partial charge is 0.317 e. The third-order valence-corrected chi connectivity index (χ3v) is 2.81. The van der Waals surface area contributed by atoms with E-state index in [4.69, 9.17) is 5.11 Å². The molecular weight excluding hydrogens is 196 g/mol. The number of nitrogens with one attached hydrogen (secondary N) is 1. The molecule has 1 aliphatic heterocycles. The van der Waals surface area contributed by atoms with Gasteiger partial charge >= 0.3 is 12.0 Å². The number of hydrogen-bond acceptors (Lipinski definition) is 2. The molecule has 0 saturated carbocycles. The van der Waals surface area contributed by atoms with Crippen LogP contribution in [0.2, 0.25) is 0 Å². The molecule has 1 rings (SSSR count). The van der Waals surface area contributed by atoms with Crippen molar-refractivity contribution in [3.05, 3.63) is 0 Å². The average molecular weight is 214 g/mol. The van der Waals surface area contributed by atoms with Gasteiger partial charge in [-0.15, -0.1) is 0 Å². The van der Waals surface area contributed by atoms with Crippen LogP contribution >= 0.6 is 0 Å². The van der Waals surface area contributed by atoms with Crippen LogP contribution in [-0.2, 0) is 4.79 Å². The maximum Gasteiger partial charge on any atom is 0.317 e. The number of carbonyl (C=O) groups is 2. The van der Waals surface area contributed by atoms with Crippen molar-refractivity contribution in [1.82, 2.24) is 10.2 Å². The molecule has 0 aromatic heterocycles. The predicted octanol–water partition coefficient (Wildman–Crippen LogP) is 0.901. The quantitative estimate of drug-likeness (QED) is 0.717. The number of carboxylic acids is 1. The summed E-state index contributed by atoms with van der Waals surface area (Å²) in [7, 11) is 0. The lowest BCUT2D eigenvalue weighted by Gasteiger charge is -2.36. The van der Waals surface area contributed by atoms with E-state index in [1.807, 2.05) is 13.8 Å². The number of carbonyl (C=O) groups excluding carboxylic acids is 1. The van der Waals surface area contributed by atoms with Gasteiger partial charge in [-0.25, -0.2) is 4.79 Å². The number of carboxylic acid groups (broad SMARTS) is 1. The van der Waals surface area contributed by atoms with Crippen LogP contribution in [0.5, 0.6) is 0 Å². The van der Waals surface area contributed by atoms with E-state index in [1.165, 1.54) is 0 Å². The molecular formula is C10H18N2O3. The third kappa shape index (κ3) is 2.84. The van der Waals surface area contributed by atoms with E-state index in [-0.39, 0.29) is 18.0 Å². The first kappa shape index (κ1) is 11.8. The Labute approximate surface area is 89.4 Å². The van der Waals surface area contributed by atoms with Crippen LogP contribution in [0, 0.1) is 5.92 Å². The SMILES string of the molecule is CCNC(=O)N1CCC(C(=O)O)CC1C. The Kier molecular flexibility index (Phi) is 3.94. The van der Waals surface area contributed by atoms with Gasteiger partial charge in [0.2, 0.25) is 0 Å². The molecule has 0 spiro atoms. The molecule has 5 heteroatoms. The maximum atomic E-state index is 11.6. The highest BCUT2D eigenvalue weighted by molar-refractivity contribution is 5.75. The van der Waals surface area contributed by atoms with E-state index in [1.54, 1.807) is 4.90 Å². The summed E-state index contributed by atoms with van der Waals surface area (Å²) < 4.78 is 0. The highest BCUT2D eigenvalue weighted by Gasteiger charge is 2.31. The van der Waals surface area contributed by atoms with Crippen molar-refractivity contribution in [2.45, 2.75) is 32.7 Å². The van der Waals surface area contributed by atoms with E-state index in [9.17, 15) is 9.59 Å². The Morgan fingerprint density at radius 3 is 2.67 bits per heavy atom. The van der Waals surface area contributed by atoms with Crippen molar-refractivity contribution in [1.29, 1.82) is 0 Å². The number of rotatable bonds is 2. The van der Waals surface area contributed by atoms with Crippen LogP contribution in [0.3, 0.4) is 0 Å². The molecule has 1 aliphatic rings. The minimum Gasteiger partial charge on any atom is -0.481 e. The monoisotopic (exact) mass is 214 g/mol. The van der Waals surface area contributed by atoms with E-state index in [2.05, 4.69) is 5.32 Å². The van der Waals surface area contributed by atoms with Crippen LogP contribution in [0.15, 0.2) is 0 Å². The summed E-state index contributed by atoms with van der Waals surface area (Å²) in [4.78, 5) is 24.0. The first-order valence-corrected chi connectivity index (χ1v) is 5.33. The number of nitrogens with zero attached hydrogens (tertiary/aromatic N) is 1. The summed E-state index contributed by atoms with van der Waals surface area (Å²) in [6.45, 7) is 4.89. The normalized spacial score (nSPS) is 26.1. The third-order valence-electron chi connectivity index (χ3n) is 2.81. The van der Waals surface area contributed by atoms with E-state index in [0.29, 0.717) is 25.9 Å². The van der Waals surface area contributed by atoms with Crippen molar-refractivity contribution >= 4 is 12.0 Å². The Bertz CT molecular complexity index is 255. The molecule has 15 heavy (non-hydrogen) atoms. The molecule has 1 saturated heterocycles. The van der Waals surface area contributed by atoms with Crippen LogP contribution in [0.1, 0.15) is 26.7 Å². The van der Waals surface area contributed by atoms with E-state index < -0.39 is 5.97 Å². The number of piperidine rings is 1. The van der Waals surface area contributed by atoms with Gasteiger partial charge in [0, 0.05) is 19.1 Å². The lowest BCUT2D eigenvalue weighted by Crippen LogP contribution is -2.50. The fourth-order valence-corrected chi connectivity index (χ4v) is 1.95. The standard InChI is InChI=1S/C10H18N2O3/c1-3-11-10(15)12-5-4-8(9(13)14)6-7(12)2/h7-8H,3-6H2,1-2H3,(H,11,15)(H,13,14). The second-order valence-electron chi connectivity index (χ2n) is 3.94. The second-order valence-corrected chi connectivity index (χ2v) is 3.94. The van der Waals surface area contributed by atoms with E-state index in [0.717, 1.165) is 0 Å².